The highest BCUT2D eigenvalue weighted by molar-refractivity contribution is 5.77. The minimum Gasteiger partial charge on any atom is -0.399 e. The van der Waals surface area contributed by atoms with Crippen molar-refractivity contribution in [3.8, 4) is 0 Å². The van der Waals surface area contributed by atoms with Crippen molar-refractivity contribution in [1.82, 2.24) is 5.32 Å². The summed E-state index contributed by atoms with van der Waals surface area (Å²) in [7, 11) is 0. The average Bonchev–Trinajstić information content (AvgIpc) is 3.03. The van der Waals surface area contributed by atoms with E-state index in [2.05, 4.69) is 5.32 Å². The van der Waals surface area contributed by atoms with E-state index < -0.39 is 0 Å². The number of nitrogens with two attached hydrogens (primary N) is 1. The Bertz CT molecular complexity index is 657. The molecule has 2 atom stereocenters. The molecule has 1 heterocycles. The maximum Gasteiger partial charge on any atom is 0.220 e. The van der Waals surface area contributed by atoms with Gasteiger partial charge in [0.25, 0.3) is 0 Å². The predicted octanol–water partition coefficient (Wildman–Crippen LogP) is 2.85. The molecule has 2 aromatic rings. The lowest BCUT2D eigenvalue weighted by molar-refractivity contribution is -0.122. The van der Waals surface area contributed by atoms with Crippen LogP contribution in [0.25, 0.3) is 0 Å². The Morgan fingerprint density at radius 3 is 2.65 bits per heavy atom. The monoisotopic (exact) mass is 310 g/mol. The number of rotatable bonds is 5. The Morgan fingerprint density at radius 2 is 1.87 bits per heavy atom. The van der Waals surface area contributed by atoms with Crippen LogP contribution in [0.1, 0.15) is 30.1 Å². The summed E-state index contributed by atoms with van der Waals surface area (Å²) >= 11 is 0. The standard InChI is InChI=1S/C19H22N2O2/c20-16-9-5-4-6-14(16)10-11-18(22)21-17-12-13-23-19(17)15-7-2-1-3-8-15/h1-9,17,19H,10-13,20H2,(H,21,22). The fourth-order valence-electron chi connectivity index (χ4n) is 3.00. The van der Waals surface area contributed by atoms with Gasteiger partial charge < -0.3 is 15.8 Å². The highest BCUT2D eigenvalue weighted by Gasteiger charge is 2.30. The topological polar surface area (TPSA) is 64.4 Å². The molecule has 0 spiro atoms. The van der Waals surface area contributed by atoms with Crippen LogP contribution in [0.4, 0.5) is 5.69 Å². The van der Waals surface area contributed by atoms with Gasteiger partial charge >= 0.3 is 0 Å². The van der Waals surface area contributed by atoms with E-state index in [-0.39, 0.29) is 18.1 Å². The van der Waals surface area contributed by atoms with Crippen LogP contribution in [-0.2, 0) is 16.0 Å². The Kier molecular flexibility index (Phi) is 4.93. The van der Waals surface area contributed by atoms with Crippen LogP contribution in [0.15, 0.2) is 54.6 Å². The van der Waals surface area contributed by atoms with Crippen molar-refractivity contribution >= 4 is 11.6 Å². The highest BCUT2D eigenvalue weighted by atomic mass is 16.5. The van der Waals surface area contributed by atoms with Gasteiger partial charge in [-0.25, -0.2) is 0 Å². The molecule has 3 N–H and O–H groups in total. The third kappa shape index (κ3) is 3.90. The number of carbonyl (C=O) groups is 1. The molecule has 0 aliphatic carbocycles. The zero-order valence-electron chi connectivity index (χ0n) is 13.1. The van der Waals surface area contributed by atoms with Crippen LogP contribution < -0.4 is 11.1 Å². The molecule has 4 heteroatoms. The Labute approximate surface area is 136 Å². The van der Waals surface area contributed by atoms with Gasteiger partial charge in [-0.1, -0.05) is 48.5 Å². The zero-order valence-corrected chi connectivity index (χ0v) is 13.1. The molecule has 120 valence electrons. The number of ether oxygens (including phenoxy) is 1. The molecule has 1 aliphatic rings. The molecule has 2 unspecified atom stereocenters. The molecule has 0 radical (unpaired) electrons. The van der Waals surface area contributed by atoms with Gasteiger partial charge in [0.2, 0.25) is 5.91 Å². The third-order valence-electron chi connectivity index (χ3n) is 4.24. The second-order valence-electron chi connectivity index (χ2n) is 5.86. The lowest BCUT2D eigenvalue weighted by atomic mass is 10.0. The van der Waals surface area contributed by atoms with Gasteiger partial charge in [-0.2, -0.15) is 0 Å². The first kappa shape index (κ1) is 15.6. The smallest absolute Gasteiger partial charge is 0.220 e. The number of carbonyl (C=O) groups excluding carboxylic acids is 1. The van der Waals surface area contributed by atoms with E-state index in [4.69, 9.17) is 10.5 Å². The van der Waals surface area contributed by atoms with Gasteiger partial charge in [-0.3, -0.25) is 4.79 Å². The molecule has 23 heavy (non-hydrogen) atoms. The molecular weight excluding hydrogens is 288 g/mol. The molecule has 0 saturated carbocycles. The molecular formula is C19H22N2O2. The SMILES string of the molecule is Nc1ccccc1CCC(=O)NC1CCOC1c1ccccc1. The first-order chi connectivity index (χ1) is 11.2. The number of para-hydroxylation sites is 1. The van der Waals surface area contributed by atoms with Crippen LogP contribution in [0.3, 0.4) is 0 Å². The fraction of sp³-hybridized carbons (Fsp3) is 0.316. The van der Waals surface area contributed by atoms with Gasteiger partial charge in [0.05, 0.1) is 6.04 Å². The van der Waals surface area contributed by atoms with Crippen LogP contribution >= 0.6 is 0 Å². The van der Waals surface area contributed by atoms with Crippen molar-refractivity contribution in [3.63, 3.8) is 0 Å². The molecule has 1 aliphatic heterocycles. The molecule has 1 amide bonds. The second kappa shape index (κ2) is 7.29. The summed E-state index contributed by atoms with van der Waals surface area (Å²) in [5.74, 6) is 0.0460. The molecule has 4 nitrogen and oxygen atoms in total. The van der Waals surface area contributed by atoms with E-state index in [9.17, 15) is 4.79 Å². The van der Waals surface area contributed by atoms with Crippen molar-refractivity contribution < 1.29 is 9.53 Å². The number of anilines is 1. The Hall–Kier alpha value is -2.33. The minimum absolute atomic E-state index is 0.0398. The first-order valence-electron chi connectivity index (χ1n) is 8.03. The molecule has 2 aromatic carbocycles. The minimum atomic E-state index is -0.0538. The number of nitrogens with one attached hydrogen (secondary N) is 1. The number of hydrogen-bond donors (Lipinski definition) is 2. The summed E-state index contributed by atoms with van der Waals surface area (Å²) in [5.41, 5.74) is 8.79. The Morgan fingerprint density at radius 1 is 1.13 bits per heavy atom. The van der Waals surface area contributed by atoms with Gasteiger partial charge in [0, 0.05) is 18.7 Å². The van der Waals surface area contributed by atoms with Crippen LogP contribution in [0, 0.1) is 0 Å². The largest absolute Gasteiger partial charge is 0.399 e. The third-order valence-corrected chi connectivity index (χ3v) is 4.24. The first-order valence-corrected chi connectivity index (χ1v) is 8.03. The van der Waals surface area contributed by atoms with E-state index >= 15 is 0 Å². The lowest BCUT2D eigenvalue weighted by Crippen LogP contribution is -2.36. The summed E-state index contributed by atoms with van der Waals surface area (Å²) < 4.78 is 5.80. The van der Waals surface area contributed by atoms with Crippen LogP contribution in [-0.4, -0.2) is 18.6 Å². The van der Waals surface area contributed by atoms with Crippen LogP contribution in [0.2, 0.25) is 0 Å². The molecule has 1 fully saturated rings. The number of amides is 1. The molecule has 1 saturated heterocycles. The highest BCUT2D eigenvalue weighted by Crippen LogP contribution is 2.29. The van der Waals surface area contributed by atoms with Gasteiger partial charge in [-0.15, -0.1) is 0 Å². The number of benzene rings is 2. The van der Waals surface area contributed by atoms with Gasteiger partial charge in [-0.05, 0) is 30.0 Å². The maximum absolute atomic E-state index is 12.3. The molecule has 3 rings (SSSR count). The van der Waals surface area contributed by atoms with Crippen molar-refractivity contribution in [2.24, 2.45) is 0 Å². The summed E-state index contributed by atoms with van der Waals surface area (Å²) in [6, 6.07) is 17.8. The van der Waals surface area contributed by atoms with E-state index in [1.54, 1.807) is 0 Å². The number of hydrogen-bond acceptors (Lipinski definition) is 3. The summed E-state index contributed by atoms with van der Waals surface area (Å²) in [5, 5.41) is 3.11. The van der Waals surface area contributed by atoms with Gasteiger partial charge in [0.1, 0.15) is 6.10 Å². The Balaban J connectivity index is 1.56. The van der Waals surface area contributed by atoms with Gasteiger partial charge in [0.15, 0.2) is 0 Å². The van der Waals surface area contributed by atoms with Crippen LogP contribution in [0.5, 0.6) is 0 Å². The fourth-order valence-corrected chi connectivity index (χ4v) is 3.00. The van der Waals surface area contributed by atoms with Crippen molar-refractivity contribution in [2.75, 3.05) is 12.3 Å². The summed E-state index contributed by atoms with van der Waals surface area (Å²) in [6.45, 7) is 0.677. The average molecular weight is 310 g/mol. The summed E-state index contributed by atoms with van der Waals surface area (Å²) in [6.07, 6.45) is 1.88. The predicted molar refractivity (Wildman–Crippen MR) is 90.9 cm³/mol. The van der Waals surface area contributed by atoms with Crippen molar-refractivity contribution in [1.29, 1.82) is 0 Å². The maximum atomic E-state index is 12.3. The quantitative estimate of drug-likeness (QED) is 0.835. The lowest BCUT2D eigenvalue weighted by Gasteiger charge is -2.20. The normalized spacial score (nSPS) is 20.3. The second-order valence-corrected chi connectivity index (χ2v) is 5.86. The van der Waals surface area contributed by atoms with Crippen molar-refractivity contribution in [3.05, 3.63) is 65.7 Å². The van der Waals surface area contributed by atoms with E-state index in [0.717, 1.165) is 23.2 Å². The number of nitrogen functional groups attached to an aromatic ring is 1. The zero-order chi connectivity index (χ0) is 16.1. The van der Waals surface area contributed by atoms with Crippen molar-refractivity contribution in [2.45, 2.75) is 31.4 Å². The summed E-state index contributed by atoms with van der Waals surface area (Å²) in [4.78, 5) is 12.3. The van der Waals surface area contributed by atoms with E-state index in [1.807, 2.05) is 54.6 Å². The van der Waals surface area contributed by atoms with E-state index in [1.165, 1.54) is 0 Å². The number of aryl methyl sites for hydroxylation is 1. The molecule has 0 bridgehead atoms. The van der Waals surface area contributed by atoms with E-state index in [0.29, 0.717) is 19.4 Å². The molecule has 0 aromatic heterocycles.